The van der Waals surface area contributed by atoms with Gasteiger partial charge >= 0.3 is 5.97 Å². The van der Waals surface area contributed by atoms with E-state index in [1.807, 2.05) is 0 Å². The number of nitrogens with zero attached hydrogens (tertiary/aromatic N) is 2. The van der Waals surface area contributed by atoms with Crippen LogP contribution in [0.5, 0.6) is 5.88 Å². The maximum Gasteiger partial charge on any atom is 0.337 e. The summed E-state index contributed by atoms with van der Waals surface area (Å²) in [5, 5.41) is 6.56. The SMILES string of the molecule is COC(=O)c1ccc(NC(=O)c2nn(-c3cccc(F)c3)c(OC)cc2=O)cc1. The number of nitrogens with one attached hydrogen (secondary N) is 1. The lowest BCUT2D eigenvalue weighted by Gasteiger charge is -2.12. The van der Waals surface area contributed by atoms with E-state index in [4.69, 9.17) is 4.74 Å². The number of carbonyl (C=O) groups excluding carboxylic acids is 2. The Balaban J connectivity index is 1.93. The van der Waals surface area contributed by atoms with Gasteiger partial charge in [0.2, 0.25) is 11.3 Å². The average Bonchev–Trinajstić information content (AvgIpc) is 2.73. The molecular formula is C20H16FN3O5. The summed E-state index contributed by atoms with van der Waals surface area (Å²) in [4.78, 5) is 36.3. The van der Waals surface area contributed by atoms with Gasteiger partial charge in [-0.05, 0) is 42.5 Å². The van der Waals surface area contributed by atoms with Crippen LogP contribution in [0.1, 0.15) is 20.8 Å². The topological polar surface area (TPSA) is 99.5 Å². The summed E-state index contributed by atoms with van der Waals surface area (Å²) in [6, 6.07) is 12.5. The van der Waals surface area contributed by atoms with Crippen molar-refractivity contribution in [1.82, 2.24) is 9.78 Å². The molecule has 0 spiro atoms. The highest BCUT2D eigenvalue weighted by molar-refractivity contribution is 6.03. The van der Waals surface area contributed by atoms with Crippen molar-refractivity contribution in [1.29, 1.82) is 0 Å². The zero-order valence-electron chi connectivity index (χ0n) is 15.5. The number of hydrogen-bond acceptors (Lipinski definition) is 6. The number of carbonyl (C=O) groups is 2. The number of aromatic nitrogens is 2. The van der Waals surface area contributed by atoms with Crippen LogP contribution in [-0.4, -0.2) is 35.9 Å². The van der Waals surface area contributed by atoms with E-state index in [1.165, 1.54) is 56.7 Å². The Labute approximate surface area is 164 Å². The van der Waals surface area contributed by atoms with Crippen LogP contribution < -0.4 is 15.5 Å². The molecule has 3 aromatic rings. The molecule has 3 rings (SSSR count). The van der Waals surface area contributed by atoms with Gasteiger partial charge < -0.3 is 14.8 Å². The van der Waals surface area contributed by atoms with Gasteiger partial charge in [-0.2, -0.15) is 5.10 Å². The van der Waals surface area contributed by atoms with Crippen molar-refractivity contribution in [3.63, 3.8) is 0 Å². The first kappa shape index (κ1) is 19.7. The second-order valence-corrected chi connectivity index (χ2v) is 5.81. The predicted octanol–water partition coefficient (Wildman–Crippen LogP) is 2.42. The molecule has 1 amide bonds. The fourth-order valence-electron chi connectivity index (χ4n) is 2.53. The zero-order valence-corrected chi connectivity index (χ0v) is 15.5. The van der Waals surface area contributed by atoms with E-state index in [0.29, 0.717) is 11.3 Å². The van der Waals surface area contributed by atoms with Crippen molar-refractivity contribution in [3.8, 4) is 11.6 Å². The van der Waals surface area contributed by atoms with Gasteiger partial charge in [-0.25, -0.2) is 13.9 Å². The van der Waals surface area contributed by atoms with Gasteiger partial charge in [0, 0.05) is 5.69 Å². The third kappa shape index (κ3) is 4.29. The van der Waals surface area contributed by atoms with Gasteiger partial charge in [0.25, 0.3) is 5.91 Å². The van der Waals surface area contributed by atoms with E-state index in [-0.39, 0.29) is 11.6 Å². The summed E-state index contributed by atoms with van der Waals surface area (Å²) in [6.07, 6.45) is 0. The van der Waals surface area contributed by atoms with E-state index >= 15 is 0 Å². The van der Waals surface area contributed by atoms with Crippen LogP contribution in [0.15, 0.2) is 59.4 Å². The summed E-state index contributed by atoms with van der Waals surface area (Å²) in [5.74, 6) is -1.76. The smallest absolute Gasteiger partial charge is 0.337 e. The molecule has 29 heavy (non-hydrogen) atoms. The molecule has 0 atom stereocenters. The third-order valence-corrected chi connectivity index (χ3v) is 3.94. The first-order valence-electron chi connectivity index (χ1n) is 8.37. The molecule has 1 N–H and O–H groups in total. The minimum atomic E-state index is -0.770. The molecule has 0 aliphatic heterocycles. The lowest BCUT2D eigenvalue weighted by Crippen LogP contribution is -2.26. The second kappa shape index (κ2) is 8.34. The Bertz CT molecular complexity index is 1130. The van der Waals surface area contributed by atoms with Crippen molar-refractivity contribution in [2.45, 2.75) is 0 Å². The monoisotopic (exact) mass is 397 g/mol. The van der Waals surface area contributed by atoms with Gasteiger partial charge in [0.15, 0.2) is 5.69 Å². The minimum Gasteiger partial charge on any atom is -0.481 e. The summed E-state index contributed by atoms with van der Waals surface area (Å²) in [5.41, 5.74) is -0.151. The highest BCUT2D eigenvalue weighted by Gasteiger charge is 2.18. The lowest BCUT2D eigenvalue weighted by molar-refractivity contribution is 0.0600. The molecule has 0 bridgehead atoms. The summed E-state index contributed by atoms with van der Waals surface area (Å²) in [7, 11) is 2.59. The first-order chi connectivity index (χ1) is 13.9. The molecule has 8 nitrogen and oxygen atoms in total. The number of amides is 1. The Hall–Kier alpha value is -4.01. The van der Waals surface area contributed by atoms with E-state index in [1.54, 1.807) is 6.07 Å². The van der Waals surface area contributed by atoms with Crippen LogP contribution in [-0.2, 0) is 4.74 Å². The third-order valence-electron chi connectivity index (χ3n) is 3.94. The number of methoxy groups -OCH3 is 2. The van der Waals surface area contributed by atoms with E-state index in [0.717, 1.165) is 10.7 Å². The molecule has 9 heteroatoms. The molecule has 0 saturated heterocycles. The highest BCUT2D eigenvalue weighted by Crippen LogP contribution is 2.17. The summed E-state index contributed by atoms with van der Waals surface area (Å²) in [6.45, 7) is 0. The van der Waals surface area contributed by atoms with Gasteiger partial charge in [-0.1, -0.05) is 6.07 Å². The molecule has 0 saturated carbocycles. The Morgan fingerprint density at radius 3 is 2.41 bits per heavy atom. The molecule has 2 aromatic carbocycles. The van der Waals surface area contributed by atoms with Crippen molar-refractivity contribution >= 4 is 17.6 Å². The van der Waals surface area contributed by atoms with Crippen molar-refractivity contribution in [3.05, 3.63) is 81.9 Å². The van der Waals surface area contributed by atoms with Crippen LogP contribution in [0.2, 0.25) is 0 Å². The second-order valence-electron chi connectivity index (χ2n) is 5.81. The van der Waals surface area contributed by atoms with Crippen molar-refractivity contribution < 1.29 is 23.5 Å². The van der Waals surface area contributed by atoms with Crippen molar-refractivity contribution in [2.24, 2.45) is 0 Å². The lowest BCUT2D eigenvalue weighted by atomic mass is 10.2. The molecule has 0 aliphatic rings. The molecule has 0 radical (unpaired) electrons. The van der Waals surface area contributed by atoms with Crippen LogP contribution in [0.3, 0.4) is 0 Å². The quantitative estimate of drug-likeness (QED) is 0.664. The van der Waals surface area contributed by atoms with E-state index in [9.17, 15) is 18.8 Å². The number of ether oxygens (including phenoxy) is 2. The highest BCUT2D eigenvalue weighted by atomic mass is 19.1. The first-order valence-corrected chi connectivity index (χ1v) is 8.37. The number of esters is 1. The molecule has 0 aliphatic carbocycles. The molecule has 1 aromatic heterocycles. The van der Waals surface area contributed by atoms with E-state index in [2.05, 4.69) is 15.2 Å². The zero-order chi connectivity index (χ0) is 21.0. The maximum absolute atomic E-state index is 13.6. The number of hydrogen-bond donors (Lipinski definition) is 1. The number of rotatable bonds is 5. The van der Waals surface area contributed by atoms with Crippen LogP contribution in [0.25, 0.3) is 5.69 Å². The van der Waals surface area contributed by atoms with Gasteiger partial charge in [0.1, 0.15) is 5.82 Å². The Morgan fingerprint density at radius 1 is 1.07 bits per heavy atom. The summed E-state index contributed by atoms with van der Waals surface area (Å²) >= 11 is 0. The number of halogens is 1. The normalized spacial score (nSPS) is 10.3. The van der Waals surface area contributed by atoms with Crippen molar-refractivity contribution in [2.75, 3.05) is 19.5 Å². The van der Waals surface area contributed by atoms with Gasteiger partial charge in [0.05, 0.1) is 31.5 Å². The fourth-order valence-corrected chi connectivity index (χ4v) is 2.53. The fraction of sp³-hybridized carbons (Fsp3) is 0.100. The predicted molar refractivity (Wildman–Crippen MR) is 102 cm³/mol. The van der Waals surface area contributed by atoms with Crippen LogP contribution in [0, 0.1) is 5.82 Å². The Kier molecular flexibility index (Phi) is 5.68. The molecular weight excluding hydrogens is 381 g/mol. The van der Waals surface area contributed by atoms with Gasteiger partial charge in [-0.3, -0.25) is 9.59 Å². The standard InChI is InChI=1S/C20H16FN3O5/c1-28-17-11-16(25)18(23-24(17)15-5-3-4-13(21)10-15)19(26)22-14-8-6-12(7-9-14)20(27)29-2/h3-11H,1-2H3,(H,22,26). The molecule has 0 fully saturated rings. The molecule has 1 heterocycles. The number of benzene rings is 2. The molecule has 148 valence electrons. The average molecular weight is 397 g/mol. The largest absolute Gasteiger partial charge is 0.481 e. The maximum atomic E-state index is 13.6. The molecule has 0 unspecified atom stereocenters. The summed E-state index contributed by atoms with van der Waals surface area (Å²) < 4.78 is 24.5. The van der Waals surface area contributed by atoms with Crippen LogP contribution in [0.4, 0.5) is 10.1 Å². The van der Waals surface area contributed by atoms with Gasteiger partial charge in [-0.15, -0.1) is 0 Å². The minimum absolute atomic E-state index is 0.0413. The van der Waals surface area contributed by atoms with E-state index < -0.39 is 28.8 Å². The Morgan fingerprint density at radius 2 is 1.79 bits per heavy atom. The number of anilines is 1. The van der Waals surface area contributed by atoms with Crippen LogP contribution >= 0.6 is 0 Å².